The average molecular weight is 379 g/mol. The summed E-state index contributed by atoms with van der Waals surface area (Å²) < 4.78 is 12.8. The van der Waals surface area contributed by atoms with Gasteiger partial charge in [0, 0.05) is 0 Å². The van der Waals surface area contributed by atoms with Gasteiger partial charge in [-0.15, -0.1) is 0 Å². The Balaban J connectivity index is 1.69. The summed E-state index contributed by atoms with van der Waals surface area (Å²) in [5.41, 5.74) is 5.65. The van der Waals surface area contributed by atoms with Crippen LogP contribution in [0.5, 0.6) is 6.01 Å². The first kappa shape index (κ1) is 18.2. The summed E-state index contributed by atoms with van der Waals surface area (Å²) in [4.78, 5) is 20.8. The number of H-pyrrole nitrogens is 1. The quantitative estimate of drug-likeness (QED) is 0.595. The third kappa shape index (κ3) is 3.17. The third-order valence-electron chi connectivity index (χ3n) is 5.54. The zero-order valence-electron chi connectivity index (χ0n) is 15.3. The molecule has 2 aromatic rings. The molecule has 0 spiro atoms. The van der Waals surface area contributed by atoms with Crippen LogP contribution in [-0.4, -0.2) is 54.4 Å². The van der Waals surface area contributed by atoms with Crippen LogP contribution in [0.2, 0.25) is 0 Å². The van der Waals surface area contributed by atoms with Crippen LogP contribution in [0.1, 0.15) is 45.8 Å². The molecule has 2 aromatic heterocycles. The SMILES string of the molecule is C[C@H]1O[C@@H](n2[nH]c(=O)c3c(N)nc(O[C@H]4CC[C@H](C)CC4)nc32)[C@H](O)[C@@H]1O. The number of nitrogen functional groups attached to an aromatic ring is 1. The number of nitrogens with zero attached hydrogens (tertiary/aromatic N) is 3. The molecular weight excluding hydrogens is 354 g/mol. The van der Waals surface area contributed by atoms with Crippen LogP contribution in [0.25, 0.3) is 11.0 Å². The molecule has 0 unspecified atom stereocenters. The molecule has 5 N–H and O–H groups in total. The topological polar surface area (TPSA) is 149 Å². The number of nitrogens with two attached hydrogens (primary N) is 1. The number of nitrogens with one attached hydrogen (secondary N) is 1. The number of hydrogen-bond donors (Lipinski definition) is 4. The summed E-state index contributed by atoms with van der Waals surface area (Å²) in [6.45, 7) is 3.86. The Morgan fingerprint density at radius 3 is 2.52 bits per heavy atom. The van der Waals surface area contributed by atoms with Crippen LogP contribution in [-0.2, 0) is 4.74 Å². The largest absolute Gasteiger partial charge is 0.460 e. The molecule has 10 heteroatoms. The minimum Gasteiger partial charge on any atom is -0.460 e. The van der Waals surface area contributed by atoms with Crippen molar-refractivity contribution in [2.45, 2.75) is 70.2 Å². The number of aliphatic hydroxyl groups is 2. The van der Waals surface area contributed by atoms with Crippen molar-refractivity contribution in [3.63, 3.8) is 0 Å². The van der Waals surface area contributed by atoms with E-state index in [9.17, 15) is 15.0 Å². The zero-order chi connectivity index (χ0) is 19.3. The standard InChI is InChI=1S/C17H25N5O5/c1-7-3-5-9(6-4-7)27-17-19-13(18)10-14(20-17)22(21-15(10)25)16-12(24)11(23)8(2)26-16/h7-9,11-12,16,23-24H,3-6H2,1-2H3,(H,21,25)(H2,18,19,20)/t7-,8-,9-,11-,12-,16-/m1/s1. The maximum Gasteiger partial charge on any atom is 0.320 e. The molecule has 148 valence electrons. The van der Waals surface area contributed by atoms with Gasteiger partial charge in [-0.05, 0) is 38.5 Å². The van der Waals surface area contributed by atoms with Gasteiger partial charge in [0.15, 0.2) is 11.9 Å². The highest BCUT2D eigenvalue weighted by Crippen LogP contribution is 2.32. The van der Waals surface area contributed by atoms with E-state index in [1.54, 1.807) is 6.92 Å². The Bertz CT molecular complexity index is 888. The molecule has 0 radical (unpaired) electrons. The van der Waals surface area contributed by atoms with Gasteiger partial charge in [0.05, 0.1) is 6.10 Å². The Morgan fingerprint density at radius 1 is 1.19 bits per heavy atom. The normalized spacial score (nSPS) is 34.2. The Hall–Kier alpha value is -2.17. The van der Waals surface area contributed by atoms with Crippen molar-refractivity contribution >= 4 is 16.9 Å². The van der Waals surface area contributed by atoms with Crippen molar-refractivity contribution in [3.8, 4) is 6.01 Å². The summed E-state index contributed by atoms with van der Waals surface area (Å²) in [5, 5.41) is 22.9. The van der Waals surface area contributed by atoms with Gasteiger partial charge in [-0.1, -0.05) is 6.92 Å². The third-order valence-corrected chi connectivity index (χ3v) is 5.54. The molecule has 1 aliphatic heterocycles. The number of aromatic nitrogens is 4. The van der Waals surface area contributed by atoms with Crippen molar-refractivity contribution in [2.24, 2.45) is 5.92 Å². The monoisotopic (exact) mass is 379 g/mol. The molecule has 4 atom stereocenters. The molecule has 3 heterocycles. The van der Waals surface area contributed by atoms with Gasteiger partial charge in [0.2, 0.25) is 0 Å². The lowest BCUT2D eigenvalue weighted by Crippen LogP contribution is -2.31. The zero-order valence-corrected chi connectivity index (χ0v) is 15.3. The minimum atomic E-state index is -1.22. The Kier molecular flexibility index (Phi) is 4.57. The fraction of sp³-hybridized carbons (Fsp3) is 0.706. The van der Waals surface area contributed by atoms with Gasteiger partial charge in [0.1, 0.15) is 29.5 Å². The van der Waals surface area contributed by atoms with Gasteiger partial charge in [-0.25, -0.2) is 4.68 Å². The van der Waals surface area contributed by atoms with Crippen LogP contribution >= 0.6 is 0 Å². The molecule has 2 fully saturated rings. The number of rotatable bonds is 3. The van der Waals surface area contributed by atoms with Crippen LogP contribution in [0, 0.1) is 5.92 Å². The summed E-state index contributed by atoms with van der Waals surface area (Å²) in [6.07, 6.45) is 0.120. The number of aromatic amines is 1. The van der Waals surface area contributed by atoms with Crippen molar-refractivity contribution in [3.05, 3.63) is 10.4 Å². The number of anilines is 1. The number of ether oxygens (including phenoxy) is 2. The Morgan fingerprint density at radius 2 is 1.89 bits per heavy atom. The van der Waals surface area contributed by atoms with Crippen molar-refractivity contribution in [2.75, 3.05) is 5.73 Å². The van der Waals surface area contributed by atoms with E-state index in [1.807, 2.05) is 0 Å². The van der Waals surface area contributed by atoms with Gasteiger partial charge in [0.25, 0.3) is 5.56 Å². The highest BCUT2D eigenvalue weighted by atomic mass is 16.6. The maximum absolute atomic E-state index is 12.3. The summed E-state index contributed by atoms with van der Waals surface area (Å²) in [6, 6.07) is 0.0911. The van der Waals surface area contributed by atoms with E-state index in [-0.39, 0.29) is 29.0 Å². The molecule has 1 saturated heterocycles. The minimum absolute atomic E-state index is 0.000242. The highest BCUT2D eigenvalue weighted by molar-refractivity contribution is 5.85. The fourth-order valence-electron chi connectivity index (χ4n) is 3.83. The molecule has 0 amide bonds. The van der Waals surface area contributed by atoms with Crippen molar-refractivity contribution < 1.29 is 19.7 Å². The van der Waals surface area contributed by atoms with Gasteiger partial charge < -0.3 is 25.4 Å². The van der Waals surface area contributed by atoms with E-state index in [2.05, 4.69) is 22.0 Å². The van der Waals surface area contributed by atoms with E-state index in [4.69, 9.17) is 15.2 Å². The molecule has 27 heavy (non-hydrogen) atoms. The number of fused-ring (bicyclic) bond motifs is 1. The maximum atomic E-state index is 12.3. The Labute approximate surface area is 155 Å². The van der Waals surface area contributed by atoms with Crippen LogP contribution in [0.15, 0.2) is 4.79 Å². The molecule has 0 bridgehead atoms. The number of hydrogen-bond acceptors (Lipinski definition) is 8. The van der Waals surface area contributed by atoms with E-state index >= 15 is 0 Å². The first-order valence-corrected chi connectivity index (χ1v) is 9.31. The summed E-state index contributed by atoms with van der Waals surface area (Å²) in [5.74, 6) is 0.683. The number of aliphatic hydroxyl groups excluding tert-OH is 2. The van der Waals surface area contributed by atoms with Crippen molar-refractivity contribution in [1.82, 2.24) is 19.7 Å². The molecule has 1 saturated carbocycles. The first-order chi connectivity index (χ1) is 12.8. The van der Waals surface area contributed by atoms with Gasteiger partial charge in [-0.3, -0.25) is 9.89 Å². The lowest BCUT2D eigenvalue weighted by molar-refractivity contribution is -0.0375. The van der Waals surface area contributed by atoms with E-state index < -0.39 is 30.1 Å². The van der Waals surface area contributed by atoms with Gasteiger partial charge >= 0.3 is 6.01 Å². The first-order valence-electron chi connectivity index (χ1n) is 9.31. The van der Waals surface area contributed by atoms with Gasteiger partial charge in [-0.2, -0.15) is 9.97 Å². The average Bonchev–Trinajstić information content (AvgIpc) is 3.08. The second-order valence-corrected chi connectivity index (χ2v) is 7.61. The molecule has 2 aliphatic rings. The second kappa shape index (κ2) is 6.77. The van der Waals surface area contributed by atoms with E-state index in [0.29, 0.717) is 5.92 Å². The molecular formula is C17H25N5O5. The van der Waals surface area contributed by atoms with Crippen LogP contribution in [0.3, 0.4) is 0 Å². The predicted octanol–water partition coefficient (Wildman–Crippen LogP) is 0.298. The van der Waals surface area contributed by atoms with E-state index in [0.717, 1.165) is 25.7 Å². The lowest BCUT2D eigenvalue weighted by atomic mass is 9.89. The summed E-state index contributed by atoms with van der Waals surface area (Å²) >= 11 is 0. The second-order valence-electron chi connectivity index (χ2n) is 7.61. The highest BCUT2D eigenvalue weighted by Gasteiger charge is 2.42. The van der Waals surface area contributed by atoms with Crippen LogP contribution < -0.4 is 16.0 Å². The molecule has 4 rings (SSSR count). The molecule has 1 aliphatic carbocycles. The fourth-order valence-corrected chi connectivity index (χ4v) is 3.83. The summed E-state index contributed by atoms with van der Waals surface area (Å²) in [7, 11) is 0. The van der Waals surface area contributed by atoms with E-state index in [1.165, 1.54) is 4.68 Å². The molecule has 0 aromatic carbocycles. The lowest BCUT2D eigenvalue weighted by Gasteiger charge is -2.26. The van der Waals surface area contributed by atoms with Crippen molar-refractivity contribution in [1.29, 1.82) is 0 Å². The van der Waals surface area contributed by atoms with Crippen LogP contribution in [0.4, 0.5) is 5.82 Å². The molecule has 10 nitrogen and oxygen atoms in total. The predicted molar refractivity (Wildman–Crippen MR) is 96.2 cm³/mol. The smallest absolute Gasteiger partial charge is 0.320 e.